The standard InChI is InChI=1S/C18H40O2Si/c1-7-12-14-17(18(19-6)15-13-8-2)16-20-21(9-3,10-4)11-5/h17-18H,7-16H2,1-6H3. The molecule has 0 heterocycles. The third kappa shape index (κ3) is 7.80. The number of hydrogen-bond donors (Lipinski definition) is 0. The van der Waals surface area contributed by atoms with Gasteiger partial charge in [0.1, 0.15) is 0 Å². The Hall–Kier alpha value is 0.137. The van der Waals surface area contributed by atoms with Crippen LogP contribution in [-0.2, 0) is 9.16 Å². The molecule has 0 aromatic heterocycles. The van der Waals surface area contributed by atoms with Crippen LogP contribution in [0.15, 0.2) is 0 Å². The first kappa shape index (κ1) is 21.1. The molecule has 0 radical (unpaired) electrons. The summed E-state index contributed by atoms with van der Waals surface area (Å²) in [6.07, 6.45) is 7.88. The molecular weight excluding hydrogens is 276 g/mol. The summed E-state index contributed by atoms with van der Waals surface area (Å²) in [5.74, 6) is 0.582. The van der Waals surface area contributed by atoms with Crippen LogP contribution in [0.4, 0.5) is 0 Å². The fourth-order valence-electron chi connectivity index (χ4n) is 3.13. The van der Waals surface area contributed by atoms with E-state index in [1.165, 1.54) is 56.7 Å². The largest absolute Gasteiger partial charge is 0.416 e. The molecule has 0 rings (SSSR count). The van der Waals surface area contributed by atoms with Crippen molar-refractivity contribution in [1.29, 1.82) is 0 Å². The minimum absolute atomic E-state index is 0.383. The molecule has 0 bridgehead atoms. The molecule has 0 aromatic carbocycles. The second-order valence-corrected chi connectivity index (χ2v) is 11.1. The van der Waals surface area contributed by atoms with Gasteiger partial charge in [-0.15, -0.1) is 0 Å². The Balaban J connectivity index is 4.65. The van der Waals surface area contributed by atoms with Crippen LogP contribution in [0.2, 0.25) is 18.1 Å². The van der Waals surface area contributed by atoms with Gasteiger partial charge in [0.15, 0.2) is 8.32 Å². The second kappa shape index (κ2) is 12.7. The lowest BCUT2D eigenvalue weighted by Crippen LogP contribution is -2.39. The van der Waals surface area contributed by atoms with Gasteiger partial charge in [-0.25, -0.2) is 0 Å². The summed E-state index contributed by atoms with van der Waals surface area (Å²) in [5.41, 5.74) is 0. The zero-order valence-corrected chi connectivity index (χ0v) is 16.5. The minimum Gasteiger partial charge on any atom is -0.416 e. The SMILES string of the molecule is CCCCC(CO[Si](CC)(CC)CC)C(CCCC)OC. The average Bonchev–Trinajstić information content (AvgIpc) is 2.53. The molecule has 128 valence electrons. The molecule has 0 spiro atoms. The Morgan fingerprint density at radius 3 is 1.76 bits per heavy atom. The molecule has 0 aliphatic rings. The van der Waals surface area contributed by atoms with E-state index in [-0.39, 0.29) is 0 Å². The van der Waals surface area contributed by atoms with E-state index in [9.17, 15) is 0 Å². The van der Waals surface area contributed by atoms with Gasteiger partial charge in [-0.05, 0) is 31.0 Å². The fraction of sp³-hybridized carbons (Fsp3) is 1.00. The highest BCUT2D eigenvalue weighted by Gasteiger charge is 2.31. The van der Waals surface area contributed by atoms with Gasteiger partial charge in [-0.3, -0.25) is 0 Å². The molecular formula is C18H40O2Si. The quantitative estimate of drug-likeness (QED) is 0.365. The third-order valence-electron chi connectivity index (χ3n) is 5.14. The molecule has 0 aromatic rings. The molecule has 0 aliphatic heterocycles. The highest BCUT2D eigenvalue weighted by Crippen LogP contribution is 2.26. The highest BCUT2D eigenvalue weighted by molar-refractivity contribution is 6.73. The summed E-state index contributed by atoms with van der Waals surface area (Å²) in [5, 5.41) is 0. The third-order valence-corrected chi connectivity index (χ3v) is 9.78. The van der Waals surface area contributed by atoms with Crippen molar-refractivity contribution >= 4 is 8.32 Å². The summed E-state index contributed by atoms with van der Waals surface area (Å²) in [6.45, 7) is 12.4. The van der Waals surface area contributed by atoms with E-state index in [0.29, 0.717) is 12.0 Å². The van der Waals surface area contributed by atoms with Crippen molar-refractivity contribution in [3.05, 3.63) is 0 Å². The molecule has 0 amide bonds. The van der Waals surface area contributed by atoms with Crippen molar-refractivity contribution in [3.8, 4) is 0 Å². The first-order chi connectivity index (χ1) is 10.1. The zero-order valence-electron chi connectivity index (χ0n) is 15.5. The Kier molecular flexibility index (Phi) is 12.7. The normalized spacial score (nSPS) is 15.1. The molecule has 21 heavy (non-hydrogen) atoms. The molecule has 2 nitrogen and oxygen atoms in total. The van der Waals surface area contributed by atoms with Crippen molar-refractivity contribution in [3.63, 3.8) is 0 Å². The summed E-state index contributed by atoms with van der Waals surface area (Å²) in [4.78, 5) is 0. The minimum atomic E-state index is -1.46. The van der Waals surface area contributed by atoms with Crippen LogP contribution in [0.3, 0.4) is 0 Å². The predicted octanol–water partition coefficient (Wildman–Crippen LogP) is 6.02. The molecule has 0 N–H and O–H groups in total. The maximum absolute atomic E-state index is 6.56. The smallest absolute Gasteiger partial charge is 0.191 e. The van der Waals surface area contributed by atoms with Crippen LogP contribution in [-0.4, -0.2) is 28.1 Å². The van der Waals surface area contributed by atoms with E-state index >= 15 is 0 Å². The second-order valence-electron chi connectivity index (χ2n) is 6.37. The van der Waals surface area contributed by atoms with Gasteiger partial charge < -0.3 is 9.16 Å². The van der Waals surface area contributed by atoms with Crippen LogP contribution in [0, 0.1) is 5.92 Å². The lowest BCUT2D eigenvalue weighted by Gasteiger charge is -2.33. The Labute approximate surface area is 135 Å². The zero-order chi connectivity index (χ0) is 16.1. The summed E-state index contributed by atoms with van der Waals surface area (Å²) in [7, 11) is 0.414. The number of hydrogen-bond acceptors (Lipinski definition) is 2. The molecule has 0 saturated heterocycles. The highest BCUT2D eigenvalue weighted by atomic mass is 28.4. The maximum Gasteiger partial charge on any atom is 0.191 e. The molecule has 2 atom stereocenters. The summed E-state index contributed by atoms with van der Waals surface area (Å²) >= 11 is 0. The van der Waals surface area contributed by atoms with Gasteiger partial charge in [0.25, 0.3) is 0 Å². The van der Waals surface area contributed by atoms with Crippen molar-refractivity contribution in [1.82, 2.24) is 0 Å². The fourth-order valence-corrected chi connectivity index (χ4v) is 5.81. The monoisotopic (exact) mass is 316 g/mol. The number of unbranched alkanes of at least 4 members (excludes halogenated alkanes) is 2. The lowest BCUT2D eigenvalue weighted by molar-refractivity contribution is 0.0176. The van der Waals surface area contributed by atoms with Crippen molar-refractivity contribution in [2.24, 2.45) is 5.92 Å². The van der Waals surface area contributed by atoms with Crippen LogP contribution < -0.4 is 0 Å². The van der Waals surface area contributed by atoms with Crippen LogP contribution in [0.5, 0.6) is 0 Å². The van der Waals surface area contributed by atoms with Crippen molar-refractivity contribution < 1.29 is 9.16 Å². The van der Waals surface area contributed by atoms with Gasteiger partial charge >= 0.3 is 0 Å². The Morgan fingerprint density at radius 1 is 0.810 bits per heavy atom. The maximum atomic E-state index is 6.56. The molecule has 0 fully saturated rings. The first-order valence-electron chi connectivity index (χ1n) is 9.29. The van der Waals surface area contributed by atoms with E-state index in [1.807, 2.05) is 7.11 Å². The number of rotatable bonds is 14. The van der Waals surface area contributed by atoms with Gasteiger partial charge in [0.05, 0.1) is 6.10 Å². The van der Waals surface area contributed by atoms with Crippen LogP contribution >= 0.6 is 0 Å². The summed E-state index contributed by atoms with van der Waals surface area (Å²) in [6, 6.07) is 3.73. The van der Waals surface area contributed by atoms with Crippen molar-refractivity contribution in [2.45, 2.75) is 97.4 Å². The average molecular weight is 317 g/mol. The lowest BCUT2D eigenvalue weighted by atomic mass is 9.93. The van der Waals surface area contributed by atoms with Gasteiger partial charge in [0, 0.05) is 19.6 Å². The molecule has 3 heteroatoms. The van der Waals surface area contributed by atoms with E-state index < -0.39 is 8.32 Å². The Morgan fingerprint density at radius 2 is 1.33 bits per heavy atom. The topological polar surface area (TPSA) is 18.5 Å². The van der Waals surface area contributed by atoms with Gasteiger partial charge in [0.2, 0.25) is 0 Å². The van der Waals surface area contributed by atoms with Crippen LogP contribution in [0.25, 0.3) is 0 Å². The first-order valence-corrected chi connectivity index (χ1v) is 11.8. The predicted molar refractivity (Wildman–Crippen MR) is 96.5 cm³/mol. The molecule has 2 unspecified atom stereocenters. The van der Waals surface area contributed by atoms with E-state index in [0.717, 1.165) is 6.61 Å². The Bertz CT molecular complexity index is 221. The van der Waals surface area contributed by atoms with E-state index in [2.05, 4.69) is 34.6 Å². The van der Waals surface area contributed by atoms with Gasteiger partial charge in [-0.1, -0.05) is 60.3 Å². The molecule has 0 saturated carbocycles. The van der Waals surface area contributed by atoms with E-state index in [4.69, 9.17) is 9.16 Å². The van der Waals surface area contributed by atoms with Crippen molar-refractivity contribution in [2.75, 3.05) is 13.7 Å². The number of ether oxygens (including phenoxy) is 1. The number of methoxy groups -OCH3 is 1. The molecule has 0 aliphatic carbocycles. The summed E-state index contributed by atoms with van der Waals surface area (Å²) < 4.78 is 12.4. The van der Waals surface area contributed by atoms with E-state index in [1.54, 1.807) is 0 Å². The van der Waals surface area contributed by atoms with Gasteiger partial charge in [-0.2, -0.15) is 0 Å². The van der Waals surface area contributed by atoms with Crippen LogP contribution in [0.1, 0.15) is 73.1 Å².